The molecule has 1 aromatic heterocycles. The summed E-state index contributed by atoms with van der Waals surface area (Å²) in [5, 5.41) is 3.36. The molecule has 0 atom stereocenters. The van der Waals surface area contributed by atoms with Crippen molar-refractivity contribution in [1.29, 1.82) is 0 Å². The first kappa shape index (κ1) is 13.9. The maximum atomic E-state index is 5.90. The lowest BCUT2D eigenvalue weighted by atomic mass is 10.1. The highest BCUT2D eigenvalue weighted by molar-refractivity contribution is 7.17. The molecule has 3 nitrogen and oxygen atoms in total. The fourth-order valence-corrected chi connectivity index (χ4v) is 3.19. The third kappa shape index (κ3) is 2.86. The molecule has 2 aromatic carbocycles. The van der Waals surface area contributed by atoms with Crippen LogP contribution >= 0.6 is 11.3 Å². The number of hydrogen-bond acceptors (Lipinski definition) is 4. The first-order valence-electron chi connectivity index (χ1n) is 6.76. The topological polar surface area (TPSA) is 44.5 Å². The molecule has 0 aliphatic carbocycles. The first-order valence-corrected chi connectivity index (χ1v) is 7.64. The van der Waals surface area contributed by atoms with E-state index in [-0.39, 0.29) is 0 Å². The van der Waals surface area contributed by atoms with Gasteiger partial charge >= 0.3 is 0 Å². The number of nitrogens with two attached hydrogens (primary N) is 1. The van der Waals surface area contributed by atoms with Crippen molar-refractivity contribution in [1.82, 2.24) is 0 Å². The van der Waals surface area contributed by atoms with Gasteiger partial charge in [0.2, 0.25) is 0 Å². The van der Waals surface area contributed by atoms with Crippen LogP contribution < -0.4 is 15.2 Å². The monoisotopic (exact) mass is 299 g/mol. The van der Waals surface area contributed by atoms with Crippen LogP contribution in [0.15, 0.2) is 47.8 Å². The van der Waals surface area contributed by atoms with Crippen LogP contribution in [0.25, 0.3) is 10.1 Å². The SMILES string of the molecule is COc1ccccc1OCc1csc2ccc(CN)cc12. The lowest BCUT2D eigenvalue weighted by Crippen LogP contribution is -1.98. The van der Waals surface area contributed by atoms with Crippen LogP contribution in [0, 0.1) is 0 Å². The largest absolute Gasteiger partial charge is 0.493 e. The highest BCUT2D eigenvalue weighted by Crippen LogP contribution is 2.30. The Bertz CT molecular complexity index is 751. The van der Waals surface area contributed by atoms with Crippen molar-refractivity contribution in [3.05, 3.63) is 59.0 Å². The van der Waals surface area contributed by atoms with E-state index in [1.807, 2.05) is 24.3 Å². The van der Waals surface area contributed by atoms with E-state index in [9.17, 15) is 0 Å². The molecule has 0 amide bonds. The number of rotatable bonds is 5. The summed E-state index contributed by atoms with van der Waals surface area (Å²) in [6, 6.07) is 14.0. The normalized spacial score (nSPS) is 10.8. The molecular formula is C17H17NO2S. The van der Waals surface area contributed by atoms with Gasteiger partial charge in [-0.3, -0.25) is 0 Å². The highest BCUT2D eigenvalue weighted by atomic mass is 32.1. The highest BCUT2D eigenvalue weighted by Gasteiger charge is 2.08. The van der Waals surface area contributed by atoms with Crippen LogP contribution in [0.1, 0.15) is 11.1 Å². The van der Waals surface area contributed by atoms with Crippen LogP contribution in [0.5, 0.6) is 11.5 Å². The minimum absolute atomic E-state index is 0.522. The smallest absolute Gasteiger partial charge is 0.161 e. The second-order valence-electron chi connectivity index (χ2n) is 4.74. The number of hydrogen-bond donors (Lipinski definition) is 1. The Morgan fingerprint density at radius 2 is 1.90 bits per heavy atom. The predicted molar refractivity (Wildman–Crippen MR) is 87.0 cm³/mol. The molecule has 0 aliphatic rings. The predicted octanol–water partition coefficient (Wildman–Crippen LogP) is 3.95. The van der Waals surface area contributed by atoms with E-state index < -0.39 is 0 Å². The molecule has 0 fully saturated rings. The van der Waals surface area contributed by atoms with Gasteiger partial charge in [0.05, 0.1) is 7.11 Å². The average Bonchev–Trinajstić information content (AvgIpc) is 2.95. The summed E-state index contributed by atoms with van der Waals surface area (Å²) in [5.74, 6) is 1.51. The summed E-state index contributed by atoms with van der Waals surface area (Å²) in [7, 11) is 1.65. The lowest BCUT2D eigenvalue weighted by molar-refractivity contribution is 0.286. The molecule has 21 heavy (non-hydrogen) atoms. The molecule has 0 radical (unpaired) electrons. The molecular weight excluding hydrogens is 282 g/mol. The molecule has 1 heterocycles. The maximum absolute atomic E-state index is 5.90. The fourth-order valence-electron chi connectivity index (χ4n) is 2.26. The summed E-state index contributed by atoms with van der Waals surface area (Å²) in [6.45, 7) is 1.08. The van der Waals surface area contributed by atoms with Crippen LogP contribution in [0.4, 0.5) is 0 Å². The van der Waals surface area contributed by atoms with E-state index in [4.69, 9.17) is 15.2 Å². The van der Waals surface area contributed by atoms with Crippen molar-refractivity contribution in [2.75, 3.05) is 7.11 Å². The Kier molecular flexibility index (Phi) is 4.08. The molecule has 0 bridgehead atoms. The number of methoxy groups -OCH3 is 1. The van der Waals surface area contributed by atoms with Gasteiger partial charge in [0.25, 0.3) is 0 Å². The summed E-state index contributed by atoms with van der Waals surface area (Å²) in [6.07, 6.45) is 0. The Labute approximate surface area is 127 Å². The summed E-state index contributed by atoms with van der Waals surface area (Å²) in [5.41, 5.74) is 8.03. The Balaban J connectivity index is 1.85. The van der Waals surface area contributed by atoms with E-state index in [0.717, 1.165) is 17.1 Å². The fraction of sp³-hybridized carbons (Fsp3) is 0.176. The molecule has 2 N–H and O–H groups in total. The third-order valence-electron chi connectivity index (χ3n) is 3.41. The standard InChI is InChI=1S/C17H17NO2S/c1-19-15-4-2-3-5-16(15)20-10-13-11-21-17-7-6-12(9-18)8-14(13)17/h2-8,11H,9-10,18H2,1H3. The van der Waals surface area contributed by atoms with Gasteiger partial charge < -0.3 is 15.2 Å². The average molecular weight is 299 g/mol. The van der Waals surface area contributed by atoms with Gasteiger partial charge in [-0.2, -0.15) is 0 Å². The molecule has 0 unspecified atom stereocenters. The maximum Gasteiger partial charge on any atom is 0.161 e. The summed E-state index contributed by atoms with van der Waals surface area (Å²) >= 11 is 1.73. The van der Waals surface area contributed by atoms with Gasteiger partial charge in [-0.05, 0) is 40.6 Å². The van der Waals surface area contributed by atoms with Crippen LogP contribution in [-0.2, 0) is 13.2 Å². The van der Waals surface area contributed by atoms with Crippen molar-refractivity contribution in [2.45, 2.75) is 13.2 Å². The second-order valence-corrected chi connectivity index (χ2v) is 5.65. The van der Waals surface area contributed by atoms with E-state index in [1.54, 1.807) is 18.4 Å². The minimum Gasteiger partial charge on any atom is -0.493 e. The van der Waals surface area contributed by atoms with Crippen LogP contribution in [0.3, 0.4) is 0 Å². The van der Waals surface area contributed by atoms with E-state index in [1.165, 1.54) is 15.6 Å². The van der Waals surface area contributed by atoms with Gasteiger partial charge in [0.15, 0.2) is 11.5 Å². The zero-order chi connectivity index (χ0) is 14.7. The van der Waals surface area contributed by atoms with Crippen molar-refractivity contribution in [3.63, 3.8) is 0 Å². The third-order valence-corrected chi connectivity index (χ3v) is 4.42. The summed E-state index contributed by atoms with van der Waals surface area (Å²) in [4.78, 5) is 0. The van der Waals surface area contributed by atoms with Crippen LogP contribution in [0.2, 0.25) is 0 Å². The minimum atomic E-state index is 0.522. The Morgan fingerprint density at radius 1 is 1.10 bits per heavy atom. The second kappa shape index (κ2) is 6.16. The number of ether oxygens (including phenoxy) is 2. The van der Waals surface area contributed by atoms with Crippen LogP contribution in [-0.4, -0.2) is 7.11 Å². The number of fused-ring (bicyclic) bond motifs is 1. The van der Waals surface area contributed by atoms with Crippen molar-refractivity contribution >= 4 is 21.4 Å². The lowest BCUT2D eigenvalue weighted by Gasteiger charge is -2.10. The molecule has 4 heteroatoms. The van der Waals surface area contributed by atoms with E-state index in [0.29, 0.717) is 13.2 Å². The van der Waals surface area contributed by atoms with Crippen molar-refractivity contribution in [3.8, 4) is 11.5 Å². The molecule has 0 aliphatic heterocycles. The van der Waals surface area contributed by atoms with E-state index >= 15 is 0 Å². The van der Waals surface area contributed by atoms with Gasteiger partial charge in [-0.25, -0.2) is 0 Å². The number of benzene rings is 2. The molecule has 108 valence electrons. The van der Waals surface area contributed by atoms with Gasteiger partial charge in [-0.1, -0.05) is 18.2 Å². The molecule has 3 aromatic rings. The van der Waals surface area contributed by atoms with E-state index in [2.05, 4.69) is 23.6 Å². The molecule has 0 spiro atoms. The first-order chi connectivity index (χ1) is 10.3. The number of thiophene rings is 1. The van der Waals surface area contributed by atoms with Gasteiger partial charge in [0.1, 0.15) is 6.61 Å². The summed E-state index contributed by atoms with van der Waals surface area (Å²) < 4.78 is 12.5. The molecule has 3 rings (SSSR count). The van der Waals surface area contributed by atoms with Gasteiger partial charge in [-0.15, -0.1) is 11.3 Å². The zero-order valence-electron chi connectivity index (χ0n) is 11.8. The Morgan fingerprint density at radius 3 is 2.67 bits per heavy atom. The quantitative estimate of drug-likeness (QED) is 0.776. The van der Waals surface area contributed by atoms with Crippen molar-refractivity contribution < 1.29 is 9.47 Å². The molecule has 0 saturated heterocycles. The molecule has 0 saturated carbocycles. The zero-order valence-corrected chi connectivity index (χ0v) is 12.7. The Hall–Kier alpha value is -2.04. The number of para-hydroxylation sites is 2. The van der Waals surface area contributed by atoms with Gasteiger partial charge in [0, 0.05) is 16.8 Å². The van der Waals surface area contributed by atoms with Crippen molar-refractivity contribution in [2.24, 2.45) is 5.73 Å².